The van der Waals surface area contributed by atoms with Gasteiger partial charge in [-0.3, -0.25) is 0 Å². The number of halogens is 2. The van der Waals surface area contributed by atoms with E-state index >= 15 is 0 Å². The Balaban J connectivity index is 2.63. The smallest absolute Gasteiger partial charge is 0.160 e. The fourth-order valence-electron chi connectivity index (χ4n) is 1.59. The van der Waals surface area contributed by atoms with Gasteiger partial charge in [-0.15, -0.1) is 11.6 Å². The van der Waals surface area contributed by atoms with Crippen LogP contribution in [0.4, 0.5) is 0 Å². The fourth-order valence-corrected chi connectivity index (χ4v) is 1.95. The van der Waals surface area contributed by atoms with Gasteiger partial charge in [0.15, 0.2) is 5.65 Å². The van der Waals surface area contributed by atoms with Gasteiger partial charge in [-0.25, -0.2) is 9.97 Å². The van der Waals surface area contributed by atoms with Crippen LogP contribution in [0.25, 0.3) is 11.2 Å². The third-order valence-electron chi connectivity index (χ3n) is 2.20. The van der Waals surface area contributed by atoms with E-state index in [1.807, 2.05) is 10.6 Å². The number of nitrogens with zero attached hydrogens (tertiary/aromatic N) is 3. The summed E-state index contributed by atoms with van der Waals surface area (Å²) in [5.74, 6) is 1.25. The summed E-state index contributed by atoms with van der Waals surface area (Å²) in [4.78, 5) is 8.67. The predicted molar refractivity (Wildman–Crippen MR) is 62.4 cm³/mol. The number of hydrogen-bond donors (Lipinski definition) is 0. The van der Waals surface area contributed by atoms with Crippen molar-refractivity contribution in [3.05, 3.63) is 23.1 Å². The fraction of sp³-hybridized carbons (Fsp3) is 0.400. The van der Waals surface area contributed by atoms with Crippen LogP contribution < -0.4 is 0 Å². The van der Waals surface area contributed by atoms with Crippen molar-refractivity contribution in [1.29, 1.82) is 0 Å². The SMILES string of the molecule is CCCn1c(CCl)nc2cc(Cl)cnc21. The average molecular weight is 244 g/mol. The Hall–Kier alpha value is -0.800. The maximum Gasteiger partial charge on any atom is 0.160 e. The van der Waals surface area contributed by atoms with Gasteiger partial charge >= 0.3 is 0 Å². The lowest BCUT2D eigenvalue weighted by atomic mass is 10.4. The largest absolute Gasteiger partial charge is 0.312 e. The molecule has 0 N–H and O–H groups in total. The van der Waals surface area contributed by atoms with Gasteiger partial charge in [0, 0.05) is 12.7 Å². The van der Waals surface area contributed by atoms with Crippen LogP contribution in [0, 0.1) is 0 Å². The summed E-state index contributed by atoms with van der Waals surface area (Å²) in [7, 11) is 0. The first-order valence-electron chi connectivity index (χ1n) is 4.83. The van der Waals surface area contributed by atoms with E-state index in [-0.39, 0.29) is 0 Å². The Morgan fingerprint density at radius 3 is 2.93 bits per heavy atom. The van der Waals surface area contributed by atoms with Gasteiger partial charge in [-0.1, -0.05) is 18.5 Å². The number of aromatic nitrogens is 3. The van der Waals surface area contributed by atoms with Gasteiger partial charge in [0.1, 0.15) is 11.3 Å². The van der Waals surface area contributed by atoms with E-state index in [1.165, 1.54) is 0 Å². The summed E-state index contributed by atoms with van der Waals surface area (Å²) in [6, 6.07) is 1.81. The van der Waals surface area contributed by atoms with E-state index in [4.69, 9.17) is 23.2 Å². The minimum absolute atomic E-state index is 0.397. The minimum Gasteiger partial charge on any atom is -0.312 e. The zero-order chi connectivity index (χ0) is 10.8. The molecular formula is C10H11Cl2N3. The number of imidazole rings is 1. The highest BCUT2D eigenvalue weighted by Crippen LogP contribution is 2.19. The van der Waals surface area contributed by atoms with Crippen molar-refractivity contribution in [3.63, 3.8) is 0 Å². The van der Waals surface area contributed by atoms with Crippen LogP contribution >= 0.6 is 23.2 Å². The molecule has 2 aromatic heterocycles. The van der Waals surface area contributed by atoms with Crippen LogP contribution in [-0.4, -0.2) is 14.5 Å². The van der Waals surface area contributed by atoms with Crippen molar-refractivity contribution in [2.75, 3.05) is 0 Å². The van der Waals surface area contributed by atoms with Crippen molar-refractivity contribution in [2.45, 2.75) is 25.8 Å². The molecule has 2 rings (SSSR count). The van der Waals surface area contributed by atoms with Crippen molar-refractivity contribution < 1.29 is 0 Å². The Morgan fingerprint density at radius 2 is 2.27 bits per heavy atom. The Bertz CT molecular complexity index is 479. The molecule has 0 aliphatic rings. The molecule has 0 bridgehead atoms. The summed E-state index contributed by atoms with van der Waals surface area (Å²) < 4.78 is 2.04. The summed E-state index contributed by atoms with van der Waals surface area (Å²) in [6.07, 6.45) is 2.66. The molecular weight excluding hydrogens is 233 g/mol. The first-order chi connectivity index (χ1) is 7.26. The molecule has 0 unspecified atom stereocenters. The molecule has 3 nitrogen and oxygen atoms in total. The Labute approximate surface area is 98.0 Å². The zero-order valence-corrected chi connectivity index (χ0v) is 9.89. The van der Waals surface area contributed by atoms with Gasteiger partial charge in [0.05, 0.1) is 10.9 Å². The lowest BCUT2D eigenvalue weighted by Gasteiger charge is -2.03. The van der Waals surface area contributed by atoms with Crippen molar-refractivity contribution in [3.8, 4) is 0 Å². The predicted octanol–water partition coefficient (Wildman–Crippen LogP) is 3.23. The Morgan fingerprint density at radius 1 is 1.47 bits per heavy atom. The van der Waals surface area contributed by atoms with Gasteiger partial charge in [0.25, 0.3) is 0 Å². The zero-order valence-electron chi connectivity index (χ0n) is 8.37. The molecule has 0 saturated heterocycles. The highest BCUT2D eigenvalue weighted by molar-refractivity contribution is 6.31. The monoisotopic (exact) mass is 243 g/mol. The third-order valence-corrected chi connectivity index (χ3v) is 2.64. The number of rotatable bonds is 3. The van der Waals surface area contributed by atoms with E-state index in [0.717, 1.165) is 30.0 Å². The van der Waals surface area contributed by atoms with Gasteiger partial charge in [-0.05, 0) is 12.5 Å². The van der Waals surface area contributed by atoms with Gasteiger partial charge in [-0.2, -0.15) is 0 Å². The lowest BCUT2D eigenvalue weighted by molar-refractivity contribution is 0.667. The lowest BCUT2D eigenvalue weighted by Crippen LogP contribution is -2.02. The second kappa shape index (κ2) is 4.37. The molecule has 2 heterocycles. The number of aryl methyl sites for hydroxylation is 1. The summed E-state index contributed by atoms with van der Waals surface area (Å²) in [6.45, 7) is 2.99. The maximum atomic E-state index is 5.86. The normalized spacial score (nSPS) is 11.1. The molecule has 15 heavy (non-hydrogen) atoms. The highest BCUT2D eigenvalue weighted by Gasteiger charge is 2.10. The second-order valence-electron chi connectivity index (χ2n) is 3.31. The van der Waals surface area contributed by atoms with E-state index in [9.17, 15) is 0 Å². The van der Waals surface area contributed by atoms with Crippen molar-refractivity contribution in [1.82, 2.24) is 14.5 Å². The number of fused-ring (bicyclic) bond motifs is 1. The first kappa shape index (κ1) is 10.7. The summed E-state index contributed by atoms with van der Waals surface area (Å²) in [5.41, 5.74) is 1.67. The molecule has 0 saturated carbocycles. The van der Waals surface area contributed by atoms with Crippen molar-refractivity contribution >= 4 is 34.4 Å². The second-order valence-corrected chi connectivity index (χ2v) is 4.01. The molecule has 0 radical (unpaired) electrons. The maximum absolute atomic E-state index is 5.86. The van der Waals surface area contributed by atoms with Crippen LogP contribution in [-0.2, 0) is 12.4 Å². The number of alkyl halides is 1. The van der Waals surface area contributed by atoms with Gasteiger partial charge < -0.3 is 4.57 Å². The average Bonchev–Trinajstić information content (AvgIpc) is 2.56. The van der Waals surface area contributed by atoms with Crippen LogP contribution in [0.3, 0.4) is 0 Å². The van der Waals surface area contributed by atoms with Crippen LogP contribution in [0.1, 0.15) is 19.2 Å². The van der Waals surface area contributed by atoms with Crippen LogP contribution in [0.5, 0.6) is 0 Å². The van der Waals surface area contributed by atoms with E-state index in [0.29, 0.717) is 10.9 Å². The molecule has 0 amide bonds. The molecule has 0 spiro atoms. The van der Waals surface area contributed by atoms with Crippen molar-refractivity contribution in [2.24, 2.45) is 0 Å². The third kappa shape index (κ3) is 1.94. The van der Waals surface area contributed by atoms with E-state index in [2.05, 4.69) is 16.9 Å². The molecule has 0 aromatic carbocycles. The topological polar surface area (TPSA) is 30.7 Å². The van der Waals surface area contributed by atoms with Gasteiger partial charge in [0.2, 0.25) is 0 Å². The molecule has 80 valence electrons. The molecule has 5 heteroatoms. The quantitative estimate of drug-likeness (QED) is 0.776. The molecule has 0 aliphatic carbocycles. The first-order valence-corrected chi connectivity index (χ1v) is 5.74. The van der Waals surface area contributed by atoms with E-state index < -0.39 is 0 Å². The molecule has 0 fully saturated rings. The minimum atomic E-state index is 0.397. The number of hydrogen-bond acceptors (Lipinski definition) is 2. The molecule has 0 aliphatic heterocycles. The van der Waals surface area contributed by atoms with Crippen LogP contribution in [0.15, 0.2) is 12.3 Å². The standard InChI is InChI=1S/C10H11Cl2N3/c1-2-3-15-9(5-11)14-8-4-7(12)6-13-10(8)15/h4,6H,2-3,5H2,1H3. The Kier molecular flexibility index (Phi) is 3.12. The molecule has 0 atom stereocenters. The summed E-state index contributed by atoms with van der Waals surface area (Å²) in [5, 5.41) is 0.602. The highest BCUT2D eigenvalue weighted by atomic mass is 35.5. The van der Waals surface area contributed by atoms with Crippen LogP contribution in [0.2, 0.25) is 5.02 Å². The van der Waals surface area contributed by atoms with E-state index in [1.54, 1.807) is 6.20 Å². The molecule has 2 aromatic rings. The summed E-state index contributed by atoms with van der Waals surface area (Å²) >= 11 is 11.7. The number of pyridine rings is 1.